The maximum atomic E-state index is 11.3. The lowest BCUT2D eigenvalue weighted by Gasteiger charge is -2.04. The Kier molecular flexibility index (Phi) is 1.85. The molecule has 1 aliphatic carbocycles. The molecule has 0 unspecified atom stereocenters. The minimum absolute atomic E-state index is 0.207. The summed E-state index contributed by atoms with van der Waals surface area (Å²) in [5.74, 6) is 0.207. The Morgan fingerprint density at radius 2 is 2.14 bits per heavy atom. The highest BCUT2D eigenvalue weighted by Crippen LogP contribution is 2.18. The molecule has 14 heavy (non-hydrogen) atoms. The van der Waals surface area contributed by atoms with E-state index in [1.807, 2.05) is 0 Å². The van der Waals surface area contributed by atoms with Gasteiger partial charge in [-0.25, -0.2) is 4.79 Å². The molecule has 1 aromatic rings. The van der Waals surface area contributed by atoms with Crippen molar-refractivity contribution in [2.45, 2.75) is 6.42 Å². The number of rotatable bonds is 1. The molecule has 0 aliphatic heterocycles. The summed E-state index contributed by atoms with van der Waals surface area (Å²) in [7, 11) is 0. The van der Waals surface area contributed by atoms with E-state index >= 15 is 0 Å². The van der Waals surface area contributed by atoms with Gasteiger partial charge in [-0.2, -0.15) is 0 Å². The number of H-pyrrole nitrogens is 1. The van der Waals surface area contributed by atoms with Crippen molar-refractivity contribution in [2.75, 3.05) is 0 Å². The van der Waals surface area contributed by atoms with Gasteiger partial charge in [0.15, 0.2) is 0 Å². The van der Waals surface area contributed by atoms with Crippen LogP contribution < -0.4 is 11.2 Å². The van der Waals surface area contributed by atoms with E-state index < -0.39 is 11.2 Å². The first-order valence-electron chi connectivity index (χ1n) is 4.08. The van der Waals surface area contributed by atoms with Gasteiger partial charge in [0, 0.05) is 24.4 Å². The zero-order chi connectivity index (χ0) is 10.1. The first-order valence-corrected chi connectivity index (χ1v) is 4.08. The Bertz CT molecular complexity index is 533. The number of hydrogen-bond donors (Lipinski definition) is 2. The molecular weight excluding hydrogens is 184 g/mol. The monoisotopic (exact) mass is 192 g/mol. The van der Waals surface area contributed by atoms with Gasteiger partial charge in [0.1, 0.15) is 0 Å². The summed E-state index contributed by atoms with van der Waals surface area (Å²) in [6, 6.07) is 1.26. The van der Waals surface area contributed by atoms with Crippen molar-refractivity contribution in [3.63, 3.8) is 0 Å². The van der Waals surface area contributed by atoms with E-state index in [1.54, 1.807) is 6.08 Å². The predicted octanol–water partition coefficient (Wildman–Crippen LogP) is 0.223. The third-order valence-electron chi connectivity index (χ3n) is 1.96. The molecule has 1 heterocycles. The van der Waals surface area contributed by atoms with E-state index in [9.17, 15) is 9.59 Å². The summed E-state index contributed by atoms with van der Waals surface area (Å²) in [6.07, 6.45) is 4.85. The van der Waals surface area contributed by atoms with Gasteiger partial charge in [-0.3, -0.25) is 14.3 Å². The lowest BCUT2D eigenvalue weighted by Crippen LogP contribution is -2.27. The molecule has 72 valence electrons. The van der Waals surface area contributed by atoms with E-state index in [1.165, 1.54) is 22.9 Å². The van der Waals surface area contributed by atoms with Crippen LogP contribution in [0.5, 0.6) is 0 Å². The molecule has 0 spiro atoms. The maximum Gasteiger partial charge on any atom is 0.332 e. The maximum absolute atomic E-state index is 11.3. The van der Waals surface area contributed by atoms with Crippen LogP contribution in [-0.4, -0.2) is 14.7 Å². The van der Waals surface area contributed by atoms with E-state index in [0.29, 0.717) is 12.1 Å². The van der Waals surface area contributed by atoms with Crippen molar-refractivity contribution >= 4 is 5.70 Å². The molecule has 0 radical (unpaired) electrons. The molecule has 0 atom stereocenters. The molecule has 1 aliphatic rings. The summed E-state index contributed by atoms with van der Waals surface area (Å²) in [6.45, 7) is 0. The van der Waals surface area contributed by atoms with Gasteiger partial charge in [-0.1, -0.05) is 0 Å². The number of hydrogen-bond acceptors (Lipinski definition) is 3. The fourth-order valence-corrected chi connectivity index (χ4v) is 1.30. The average molecular weight is 192 g/mol. The van der Waals surface area contributed by atoms with Crippen LogP contribution in [0.25, 0.3) is 5.70 Å². The van der Waals surface area contributed by atoms with Gasteiger partial charge in [-0.15, -0.1) is 0 Å². The van der Waals surface area contributed by atoms with E-state index in [-0.39, 0.29) is 5.76 Å². The summed E-state index contributed by atoms with van der Waals surface area (Å²) in [5, 5.41) is 9.13. The van der Waals surface area contributed by atoms with Gasteiger partial charge >= 0.3 is 5.69 Å². The van der Waals surface area contributed by atoms with E-state index in [2.05, 4.69) is 4.98 Å². The first-order chi connectivity index (χ1) is 6.66. The Morgan fingerprint density at radius 3 is 2.71 bits per heavy atom. The molecule has 5 nitrogen and oxygen atoms in total. The number of aliphatic hydroxyl groups is 1. The number of allylic oxidation sites excluding steroid dienone is 3. The van der Waals surface area contributed by atoms with Crippen molar-refractivity contribution in [3.05, 3.63) is 51.0 Å². The van der Waals surface area contributed by atoms with Crippen molar-refractivity contribution in [1.82, 2.24) is 9.55 Å². The number of aliphatic hydroxyl groups excluding tert-OH is 1. The predicted molar refractivity (Wildman–Crippen MR) is 50.9 cm³/mol. The molecule has 0 saturated carbocycles. The standard InChI is InChI=1S/C9H8N2O3/c12-7-2-1-6(5-7)11-4-3-8(13)10-9(11)14/h1-4,12H,5H2,(H,10,13,14). The zero-order valence-electron chi connectivity index (χ0n) is 7.23. The number of aromatic amines is 1. The number of nitrogens with zero attached hydrogens (tertiary/aromatic N) is 1. The molecule has 5 heteroatoms. The zero-order valence-corrected chi connectivity index (χ0v) is 7.23. The molecule has 2 rings (SSSR count). The lowest BCUT2D eigenvalue weighted by atomic mass is 10.3. The smallest absolute Gasteiger partial charge is 0.332 e. The fourth-order valence-electron chi connectivity index (χ4n) is 1.30. The third kappa shape index (κ3) is 1.39. The minimum atomic E-state index is -0.494. The average Bonchev–Trinajstić information content (AvgIpc) is 2.51. The largest absolute Gasteiger partial charge is 0.512 e. The van der Waals surface area contributed by atoms with Crippen LogP contribution in [0.15, 0.2) is 39.8 Å². The number of aromatic nitrogens is 2. The van der Waals surface area contributed by atoms with Crippen LogP contribution >= 0.6 is 0 Å². The Balaban J connectivity index is 2.45. The Hall–Kier alpha value is -2.04. The van der Waals surface area contributed by atoms with Crippen LogP contribution in [0.4, 0.5) is 0 Å². The summed E-state index contributed by atoms with van der Waals surface area (Å²) in [4.78, 5) is 24.2. The van der Waals surface area contributed by atoms with Crippen LogP contribution in [-0.2, 0) is 0 Å². The van der Waals surface area contributed by atoms with Crippen LogP contribution in [0.3, 0.4) is 0 Å². The molecule has 0 aromatic carbocycles. The van der Waals surface area contributed by atoms with E-state index in [0.717, 1.165) is 0 Å². The van der Waals surface area contributed by atoms with Crippen molar-refractivity contribution < 1.29 is 5.11 Å². The van der Waals surface area contributed by atoms with Gasteiger partial charge in [0.2, 0.25) is 0 Å². The number of nitrogens with one attached hydrogen (secondary N) is 1. The van der Waals surface area contributed by atoms with Crippen LogP contribution in [0, 0.1) is 0 Å². The second-order valence-corrected chi connectivity index (χ2v) is 2.97. The van der Waals surface area contributed by atoms with Crippen molar-refractivity contribution in [3.8, 4) is 0 Å². The summed E-state index contributed by atoms with van der Waals surface area (Å²) >= 11 is 0. The second-order valence-electron chi connectivity index (χ2n) is 2.97. The van der Waals surface area contributed by atoms with E-state index in [4.69, 9.17) is 5.11 Å². The lowest BCUT2D eigenvalue weighted by molar-refractivity contribution is 0.404. The molecule has 0 amide bonds. The molecule has 2 N–H and O–H groups in total. The third-order valence-corrected chi connectivity index (χ3v) is 1.96. The fraction of sp³-hybridized carbons (Fsp3) is 0.111. The van der Waals surface area contributed by atoms with Crippen molar-refractivity contribution in [2.24, 2.45) is 0 Å². The SMILES string of the molecule is O=c1ccn(C2=CC=C(O)C2)c(=O)[nH]1. The molecule has 0 saturated heterocycles. The van der Waals surface area contributed by atoms with Gasteiger partial charge in [0.05, 0.1) is 5.76 Å². The van der Waals surface area contributed by atoms with Gasteiger partial charge in [0.25, 0.3) is 5.56 Å². The molecule has 0 bridgehead atoms. The minimum Gasteiger partial charge on any atom is -0.512 e. The highest BCUT2D eigenvalue weighted by Gasteiger charge is 2.09. The van der Waals surface area contributed by atoms with Gasteiger partial charge in [-0.05, 0) is 12.2 Å². The highest BCUT2D eigenvalue weighted by molar-refractivity contribution is 5.55. The molecule has 0 fully saturated rings. The molecular formula is C9H8N2O3. The normalized spacial score (nSPS) is 15.1. The van der Waals surface area contributed by atoms with Crippen LogP contribution in [0.2, 0.25) is 0 Å². The van der Waals surface area contributed by atoms with Crippen molar-refractivity contribution in [1.29, 1.82) is 0 Å². The topological polar surface area (TPSA) is 75.1 Å². The quantitative estimate of drug-likeness (QED) is 0.668. The Labute approximate surface area is 78.6 Å². The molecule has 1 aromatic heterocycles. The highest BCUT2D eigenvalue weighted by atomic mass is 16.3. The van der Waals surface area contributed by atoms with Crippen LogP contribution in [0.1, 0.15) is 6.42 Å². The Morgan fingerprint density at radius 1 is 1.36 bits per heavy atom. The first kappa shape index (κ1) is 8.55. The second kappa shape index (κ2) is 3.02. The summed E-state index contributed by atoms with van der Waals surface area (Å²) in [5.41, 5.74) is -0.280. The van der Waals surface area contributed by atoms with Gasteiger partial charge < -0.3 is 5.11 Å². The summed E-state index contributed by atoms with van der Waals surface area (Å²) < 4.78 is 1.29.